The Morgan fingerprint density at radius 2 is 0.662 bits per heavy atom. The van der Waals surface area contributed by atoms with Gasteiger partial charge in [-0.25, -0.2) is 0 Å². The molecule has 2 heteroatoms. The lowest BCUT2D eigenvalue weighted by molar-refractivity contribution is 0.661. The van der Waals surface area contributed by atoms with Crippen LogP contribution in [-0.2, 0) is 5.41 Å². The quantitative estimate of drug-likeness (QED) is 0.133. The summed E-state index contributed by atoms with van der Waals surface area (Å²) in [7, 11) is 0. The summed E-state index contributed by atoms with van der Waals surface area (Å²) in [4.78, 5) is 2.36. The van der Waals surface area contributed by atoms with Crippen LogP contribution in [0.1, 0.15) is 25.0 Å². The lowest BCUT2D eigenvalue weighted by atomic mass is 9.80. The van der Waals surface area contributed by atoms with Gasteiger partial charge < -0.3 is 9.47 Å². The van der Waals surface area contributed by atoms with E-state index in [1.165, 1.54) is 111 Å². The van der Waals surface area contributed by atoms with E-state index in [0.717, 1.165) is 22.7 Å². The average molecular weight is 983 g/mol. The summed E-state index contributed by atoms with van der Waals surface area (Å²) < 4.78 is 2.50. The fourth-order valence-corrected chi connectivity index (χ4v) is 12.2. The molecule has 0 spiro atoms. The fraction of sp³-hybridized carbons (Fsp3) is 0.0400. The molecule has 1 aliphatic carbocycles. The number of para-hydroxylation sites is 1. The third-order valence-corrected chi connectivity index (χ3v) is 16.0. The predicted octanol–water partition coefficient (Wildman–Crippen LogP) is 20.6. The van der Waals surface area contributed by atoms with Crippen molar-refractivity contribution >= 4 is 38.7 Å². The van der Waals surface area contributed by atoms with Crippen LogP contribution in [0.15, 0.2) is 291 Å². The number of aromatic nitrogens is 1. The summed E-state index contributed by atoms with van der Waals surface area (Å²) in [6.07, 6.45) is 0. The zero-order chi connectivity index (χ0) is 51.5. The summed E-state index contributed by atoms with van der Waals surface area (Å²) in [6.45, 7) is 4.80. The summed E-state index contributed by atoms with van der Waals surface area (Å²) >= 11 is 0. The van der Waals surface area contributed by atoms with Gasteiger partial charge in [0.05, 0.1) is 11.2 Å². The van der Waals surface area contributed by atoms with Crippen molar-refractivity contribution in [3.63, 3.8) is 0 Å². The van der Waals surface area contributed by atoms with E-state index in [9.17, 15) is 0 Å². The zero-order valence-corrected chi connectivity index (χ0v) is 43.1. The molecule has 12 aromatic carbocycles. The van der Waals surface area contributed by atoms with E-state index in [0.29, 0.717) is 0 Å². The molecule has 364 valence electrons. The number of fused-ring (bicyclic) bond motifs is 6. The standard InChI is InChI=1S/C75H54N2/c1-75(2)70-48-58(55-36-44-63(45-37-55)76(61-40-32-53(33-41-61)51-20-8-3-9-21-51)62-42-34-54(35-43-62)52-22-10-4-11-23-52)38-46-65(70)66-47-39-59(49-71(66)75)68-50-69-72(56-24-12-5-13-25-56)73(57-26-14-6-15-27-57)77(60-28-16-7-17-29-60)74(69)67-31-19-18-30-64(67)68/h3-50H,1-2H3. The van der Waals surface area contributed by atoms with Crippen molar-refractivity contribution in [1.29, 1.82) is 0 Å². The van der Waals surface area contributed by atoms with Gasteiger partial charge in [-0.1, -0.05) is 238 Å². The molecule has 0 N–H and O–H groups in total. The monoisotopic (exact) mass is 982 g/mol. The third kappa shape index (κ3) is 7.97. The lowest BCUT2D eigenvalue weighted by Crippen LogP contribution is -2.15. The highest BCUT2D eigenvalue weighted by Gasteiger charge is 2.36. The molecule has 0 bridgehead atoms. The van der Waals surface area contributed by atoms with Gasteiger partial charge in [0.1, 0.15) is 0 Å². The Labute approximate surface area is 451 Å². The molecule has 77 heavy (non-hydrogen) atoms. The highest BCUT2D eigenvalue weighted by Crippen LogP contribution is 2.53. The Kier molecular flexibility index (Phi) is 11.2. The number of rotatable bonds is 10. The van der Waals surface area contributed by atoms with E-state index < -0.39 is 0 Å². The molecule has 1 aliphatic rings. The van der Waals surface area contributed by atoms with Crippen LogP contribution in [0.5, 0.6) is 0 Å². The van der Waals surface area contributed by atoms with Gasteiger partial charge >= 0.3 is 0 Å². The summed E-state index contributed by atoms with van der Waals surface area (Å²) in [5, 5.41) is 3.70. The van der Waals surface area contributed by atoms with Crippen molar-refractivity contribution < 1.29 is 0 Å². The minimum absolute atomic E-state index is 0.239. The van der Waals surface area contributed by atoms with E-state index >= 15 is 0 Å². The van der Waals surface area contributed by atoms with Crippen LogP contribution in [0.4, 0.5) is 17.1 Å². The molecular formula is C75H54N2. The van der Waals surface area contributed by atoms with E-state index in [4.69, 9.17) is 0 Å². The van der Waals surface area contributed by atoms with Gasteiger partial charge in [-0.3, -0.25) is 0 Å². The third-order valence-electron chi connectivity index (χ3n) is 16.0. The van der Waals surface area contributed by atoms with Gasteiger partial charge in [0, 0.05) is 44.5 Å². The van der Waals surface area contributed by atoms with Crippen LogP contribution < -0.4 is 4.90 Å². The maximum atomic E-state index is 2.50. The van der Waals surface area contributed by atoms with E-state index in [1.54, 1.807) is 0 Å². The molecule has 0 atom stereocenters. The van der Waals surface area contributed by atoms with Crippen LogP contribution >= 0.6 is 0 Å². The van der Waals surface area contributed by atoms with Crippen molar-refractivity contribution in [3.05, 3.63) is 302 Å². The number of nitrogens with zero attached hydrogens (tertiary/aromatic N) is 2. The van der Waals surface area contributed by atoms with Crippen molar-refractivity contribution in [2.24, 2.45) is 0 Å². The van der Waals surface area contributed by atoms with Gasteiger partial charge in [-0.05, 0) is 150 Å². The first-order valence-corrected chi connectivity index (χ1v) is 26.7. The second-order valence-electron chi connectivity index (χ2n) is 20.8. The van der Waals surface area contributed by atoms with Gasteiger partial charge in [0.2, 0.25) is 0 Å². The second-order valence-corrected chi connectivity index (χ2v) is 20.8. The minimum atomic E-state index is -0.239. The molecule has 0 amide bonds. The van der Waals surface area contributed by atoms with Crippen LogP contribution in [-0.4, -0.2) is 4.57 Å². The topological polar surface area (TPSA) is 8.17 Å². The minimum Gasteiger partial charge on any atom is -0.311 e. The molecule has 13 aromatic rings. The molecule has 2 nitrogen and oxygen atoms in total. The molecule has 0 saturated heterocycles. The largest absolute Gasteiger partial charge is 0.311 e. The SMILES string of the molecule is CC1(C)c2cc(-c3ccc(N(c4ccc(-c5ccccc5)cc4)c4ccc(-c5ccccc5)cc4)cc3)ccc2-c2ccc(-c3cc4c(-c5ccccc5)c(-c5ccccc5)n(-c5ccccc5)c4c4ccccc34)cc21. The summed E-state index contributed by atoms with van der Waals surface area (Å²) in [6, 6.07) is 107. The lowest BCUT2D eigenvalue weighted by Gasteiger charge is -2.26. The highest BCUT2D eigenvalue weighted by atomic mass is 15.1. The first-order valence-electron chi connectivity index (χ1n) is 26.7. The molecule has 0 fully saturated rings. The van der Waals surface area contributed by atoms with Crippen LogP contribution in [0.2, 0.25) is 0 Å². The van der Waals surface area contributed by atoms with E-state index in [1.807, 2.05) is 0 Å². The Hall–Kier alpha value is -9.76. The number of hydrogen-bond donors (Lipinski definition) is 0. The maximum absolute atomic E-state index is 2.50. The second kappa shape index (κ2) is 18.9. The van der Waals surface area contributed by atoms with Crippen molar-refractivity contribution in [2.75, 3.05) is 4.90 Å². The smallest absolute Gasteiger partial charge is 0.0620 e. The average Bonchev–Trinajstić information content (AvgIpc) is 4.19. The summed E-state index contributed by atoms with van der Waals surface area (Å²) in [5.41, 5.74) is 25.2. The van der Waals surface area contributed by atoms with Crippen molar-refractivity contribution in [3.8, 4) is 83.7 Å². The molecule has 0 unspecified atom stereocenters. The Morgan fingerprint density at radius 1 is 0.286 bits per heavy atom. The van der Waals surface area contributed by atoms with Gasteiger partial charge in [0.25, 0.3) is 0 Å². The molecule has 0 aliphatic heterocycles. The fourth-order valence-electron chi connectivity index (χ4n) is 12.2. The van der Waals surface area contributed by atoms with Gasteiger partial charge in [-0.2, -0.15) is 0 Å². The molecular weight excluding hydrogens is 929 g/mol. The van der Waals surface area contributed by atoms with Crippen LogP contribution in [0.25, 0.3) is 105 Å². The Morgan fingerprint density at radius 3 is 1.17 bits per heavy atom. The van der Waals surface area contributed by atoms with Crippen molar-refractivity contribution in [1.82, 2.24) is 4.57 Å². The van der Waals surface area contributed by atoms with Gasteiger partial charge in [-0.15, -0.1) is 0 Å². The molecule has 0 saturated carbocycles. The maximum Gasteiger partial charge on any atom is 0.0620 e. The highest BCUT2D eigenvalue weighted by molar-refractivity contribution is 6.20. The number of benzene rings is 12. The Bertz CT molecular complexity index is 4190. The van der Waals surface area contributed by atoms with Crippen molar-refractivity contribution in [2.45, 2.75) is 19.3 Å². The van der Waals surface area contributed by atoms with Gasteiger partial charge in [0.15, 0.2) is 0 Å². The van der Waals surface area contributed by atoms with Crippen LogP contribution in [0, 0.1) is 0 Å². The summed E-state index contributed by atoms with van der Waals surface area (Å²) in [5.74, 6) is 0. The first-order chi connectivity index (χ1) is 38.0. The molecule has 0 radical (unpaired) electrons. The van der Waals surface area contributed by atoms with E-state index in [-0.39, 0.29) is 5.41 Å². The predicted molar refractivity (Wildman–Crippen MR) is 326 cm³/mol. The molecule has 1 aromatic heterocycles. The van der Waals surface area contributed by atoms with Crippen LogP contribution in [0.3, 0.4) is 0 Å². The number of anilines is 3. The molecule has 14 rings (SSSR count). The normalized spacial score (nSPS) is 12.4. The zero-order valence-electron chi connectivity index (χ0n) is 43.1. The van der Waals surface area contributed by atoms with E-state index in [2.05, 4.69) is 315 Å². The Balaban J connectivity index is 0.842. The number of hydrogen-bond acceptors (Lipinski definition) is 1. The molecule has 1 heterocycles. The first kappa shape index (κ1) is 45.8.